The van der Waals surface area contributed by atoms with Crippen LogP contribution >= 0.6 is 7.82 Å². The number of ketones is 1. The zero-order chi connectivity index (χ0) is 35.1. The predicted octanol–water partition coefficient (Wildman–Crippen LogP) is 6.73. The van der Waals surface area contributed by atoms with Crippen molar-refractivity contribution in [3.05, 3.63) is 12.2 Å². The van der Waals surface area contributed by atoms with E-state index in [1.807, 2.05) is 0 Å². The highest BCUT2D eigenvalue weighted by Gasteiger charge is 2.39. The van der Waals surface area contributed by atoms with Crippen molar-refractivity contribution >= 4 is 25.5 Å². The summed E-state index contributed by atoms with van der Waals surface area (Å²) >= 11 is 0. The lowest BCUT2D eigenvalue weighted by molar-refractivity contribution is -0.161. The molecule has 0 bridgehead atoms. The van der Waals surface area contributed by atoms with Crippen LogP contribution < -0.4 is 0 Å². The number of Topliss-reactive ketones (excluding diaryl/α,β-unsaturated/α-hetero) is 1. The Morgan fingerprint density at radius 1 is 0.872 bits per heavy atom. The van der Waals surface area contributed by atoms with E-state index in [1.165, 1.54) is 19.3 Å². The zero-order valence-electron chi connectivity index (χ0n) is 29.1. The lowest BCUT2D eigenvalue weighted by Gasteiger charge is -2.18. The Morgan fingerprint density at radius 3 is 2.11 bits per heavy atom. The average Bonchev–Trinajstić information content (AvgIpc) is 3.27. The molecule has 0 heterocycles. The number of aliphatic hydroxyl groups is 2. The Labute approximate surface area is 282 Å². The Hall–Kier alpha value is -1.62. The van der Waals surface area contributed by atoms with Gasteiger partial charge >= 0.3 is 19.8 Å². The summed E-state index contributed by atoms with van der Waals surface area (Å²) in [4.78, 5) is 55.2. The third-order valence-electron chi connectivity index (χ3n) is 8.61. The minimum absolute atomic E-state index is 0.0432. The van der Waals surface area contributed by atoms with Crippen molar-refractivity contribution in [1.82, 2.24) is 0 Å². The van der Waals surface area contributed by atoms with E-state index in [1.54, 1.807) is 12.2 Å². The van der Waals surface area contributed by atoms with Gasteiger partial charge in [0.25, 0.3) is 0 Å². The van der Waals surface area contributed by atoms with Crippen molar-refractivity contribution in [3.8, 4) is 0 Å². The van der Waals surface area contributed by atoms with Gasteiger partial charge < -0.3 is 29.5 Å². The molecule has 0 unspecified atom stereocenters. The van der Waals surface area contributed by atoms with Crippen LogP contribution in [0, 0.1) is 17.8 Å². The summed E-state index contributed by atoms with van der Waals surface area (Å²) < 4.78 is 26.2. The summed E-state index contributed by atoms with van der Waals surface area (Å²) in [6, 6.07) is 0. The van der Waals surface area contributed by atoms with Crippen molar-refractivity contribution in [2.45, 2.75) is 161 Å². The first kappa shape index (κ1) is 43.4. The maximum Gasteiger partial charge on any atom is 0.469 e. The Kier molecular flexibility index (Phi) is 23.4. The fraction of sp³-hybridized carbons (Fsp3) is 0.857. The second-order valence-electron chi connectivity index (χ2n) is 13.5. The maximum absolute atomic E-state index is 12.5. The van der Waals surface area contributed by atoms with Gasteiger partial charge in [0.05, 0.1) is 18.8 Å². The highest BCUT2D eigenvalue weighted by molar-refractivity contribution is 7.46. The number of carbonyl (C=O) groups excluding carboxylic acids is 3. The van der Waals surface area contributed by atoms with E-state index < -0.39 is 44.7 Å². The van der Waals surface area contributed by atoms with E-state index in [0.717, 1.165) is 57.8 Å². The molecule has 0 spiro atoms. The number of hydrogen-bond acceptors (Lipinski definition) is 9. The minimum atomic E-state index is -4.80. The highest BCUT2D eigenvalue weighted by atomic mass is 31.2. The number of phosphoric acid groups is 1. The molecule has 0 aromatic heterocycles. The van der Waals surface area contributed by atoms with Gasteiger partial charge in [0.2, 0.25) is 0 Å². The van der Waals surface area contributed by atoms with Gasteiger partial charge in [0.1, 0.15) is 12.4 Å². The van der Waals surface area contributed by atoms with Crippen LogP contribution in [0.5, 0.6) is 0 Å². The molecule has 1 aliphatic carbocycles. The van der Waals surface area contributed by atoms with Crippen LogP contribution in [0.3, 0.4) is 0 Å². The van der Waals surface area contributed by atoms with Crippen LogP contribution in [0.2, 0.25) is 0 Å². The van der Waals surface area contributed by atoms with Crippen molar-refractivity contribution in [3.63, 3.8) is 0 Å². The van der Waals surface area contributed by atoms with Gasteiger partial charge in [-0.15, -0.1) is 0 Å². The van der Waals surface area contributed by atoms with Gasteiger partial charge in [0, 0.05) is 31.1 Å². The summed E-state index contributed by atoms with van der Waals surface area (Å²) in [6.45, 7) is 5.56. The SMILES string of the molecule is CCCCC[C@H](O)/C=C/[C@H]1[C@H](O)CC(=O)[C@@H]1CCCCCCC(=O)OC[C@H](COP(=O)(O)O)OC(=O)CCCCCCCCC(C)C. The van der Waals surface area contributed by atoms with Crippen molar-refractivity contribution < 1.29 is 52.9 Å². The van der Waals surface area contributed by atoms with Crippen molar-refractivity contribution in [2.75, 3.05) is 13.2 Å². The molecular weight excluding hydrogens is 627 g/mol. The van der Waals surface area contributed by atoms with Gasteiger partial charge in [-0.3, -0.25) is 18.9 Å². The molecule has 11 nitrogen and oxygen atoms in total. The van der Waals surface area contributed by atoms with Gasteiger partial charge in [-0.1, -0.05) is 110 Å². The van der Waals surface area contributed by atoms with Crippen LogP contribution in [0.25, 0.3) is 0 Å². The molecule has 47 heavy (non-hydrogen) atoms. The van der Waals surface area contributed by atoms with E-state index in [0.29, 0.717) is 31.6 Å². The smallest absolute Gasteiger partial charge is 0.462 e. The molecule has 1 fully saturated rings. The van der Waals surface area contributed by atoms with Crippen molar-refractivity contribution in [2.24, 2.45) is 17.8 Å². The Bertz CT molecular complexity index is 948. The Morgan fingerprint density at radius 2 is 1.47 bits per heavy atom. The normalized spacial score (nSPS) is 19.8. The van der Waals surface area contributed by atoms with E-state index in [2.05, 4.69) is 25.3 Å². The molecule has 12 heteroatoms. The summed E-state index contributed by atoms with van der Waals surface area (Å²) in [5.74, 6) is -0.867. The lowest BCUT2D eigenvalue weighted by atomic mass is 9.88. The monoisotopic (exact) mass is 690 g/mol. The van der Waals surface area contributed by atoms with Crippen LogP contribution in [0.4, 0.5) is 0 Å². The van der Waals surface area contributed by atoms with E-state index in [9.17, 15) is 29.2 Å². The second kappa shape index (κ2) is 25.4. The molecule has 0 aromatic carbocycles. The molecule has 1 aliphatic rings. The van der Waals surface area contributed by atoms with E-state index in [4.69, 9.17) is 19.3 Å². The standard InChI is InChI=1S/C35H63O11P/c1-4-5-12-18-28(36)22-23-31-30(32(37)24-33(31)38)19-14-10-11-15-20-34(39)44-25-29(26-45-47(41,42)43)46-35(40)21-16-9-7-6-8-13-17-27(2)3/h22-23,27-31,33,36,38H,4-21,24-26H2,1-3H3,(H2,41,42,43)/b23-22+/t28-,29+,30+,31+,33+/m0/s1. The first-order valence-electron chi connectivity index (χ1n) is 17.9. The molecule has 0 saturated heterocycles. The first-order valence-corrected chi connectivity index (χ1v) is 19.5. The number of ether oxygens (including phenoxy) is 2. The number of phosphoric ester groups is 1. The minimum Gasteiger partial charge on any atom is -0.462 e. The van der Waals surface area contributed by atoms with Crippen LogP contribution in [0.1, 0.15) is 143 Å². The summed E-state index contributed by atoms with van der Waals surface area (Å²) in [6.07, 6.45) is 16.0. The molecule has 0 aliphatic heterocycles. The van der Waals surface area contributed by atoms with Gasteiger partial charge in [-0.25, -0.2) is 4.57 Å². The highest BCUT2D eigenvalue weighted by Crippen LogP contribution is 2.36. The number of aliphatic hydroxyl groups excluding tert-OH is 2. The zero-order valence-corrected chi connectivity index (χ0v) is 30.0. The number of hydrogen-bond donors (Lipinski definition) is 4. The van der Waals surface area contributed by atoms with Gasteiger partial charge in [-0.2, -0.15) is 0 Å². The van der Waals surface area contributed by atoms with Crippen molar-refractivity contribution in [1.29, 1.82) is 0 Å². The quantitative estimate of drug-likeness (QED) is 0.0296. The molecule has 0 amide bonds. The first-order chi connectivity index (χ1) is 22.3. The maximum atomic E-state index is 12.5. The number of esters is 2. The largest absolute Gasteiger partial charge is 0.469 e. The second-order valence-corrected chi connectivity index (χ2v) is 14.7. The third kappa shape index (κ3) is 22.6. The summed E-state index contributed by atoms with van der Waals surface area (Å²) in [5, 5.41) is 20.6. The predicted molar refractivity (Wildman–Crippen MR) is 180 cm³/mol. The number of carbonyl (C=O) groups is 3. The molecule has 1 rings (SSSR count). The average molecular weight is 691 g/mol. The Balaban J connectivity index is 2.34. The summed E-state index contributed by atoms with van der Waals surface area (Å²) in [7, 11) is -4.80. The fourth-order valence-electron chi connectivity index (χ4n) is 5.86. The van der Waals surface area contributed by atoms with Crippen LogP contribution in [-0.2, 0) is 32.9 Å². The molecule has 5 atom stereocenters. The van der Waals surface area contributed by atoms with E-state index >= 15 is 0 Å². The third-order valence-corrected chi connectivity index (χ3v) is 9.09. The molecule has 0 radical (unpaired) electrons. The number of rotatable bonds is 28. The van der Waals surface area contributed by atoms with E-state index in [-0.39, 0.29) is 43.5 Å². The number of unbranched alkanes of at least 4 members (excludes halogenated alkanes) is 10. The lowest BCUT2D eigenvalue weighted by Crippen LogP contribution is -2.29. The summed E-state index contributed by atoms with van der Waals surface area (Å²) in [5.41, 5.74) is 0. The van der Waals surface area contributed by atoms with Gasteiger partial charge in [-0.05, 0) is 31.6 Å². The topological polar surface area (TPSA) is 177 Å². The molecule has 4 N–H and O–H groups in total. The molecule has 0 aromatic rings. The van der Waals surface area contributed by atoms with Crippen LogP contribution in [0.15, 0.2) is 12.2 Å². The molecular formula is C35H63O11P. The fourth-order valence-corrected chi connectivity index (χ4v) is 6.22. The van der Waals surface area contributed by atoms with Crippen LogP contribution in [-0.4, -0.2) is 69.2 Å². The van der Waals surface area contributed by atoms with Gasteiger partial charge in [0.15, 0.2) is 6.10 Å². The molecule has 274 valence electrons. The molecule has 1 saturated carbocycles.